The SMILES string of the molecule is CCNC(=NCCCCCC(=O)OC)NCCc1ccccc1OC. The van der Waals surface area contributed by atoms with Gasteiger partial charge in [0.2, 0.25) is 0 Å². The van der Waals surface area contributed by atoms with Crippen LogP contribution in [0.15, 0.2) is 29.3 Å². The van der Waals surface area contributed by atoms with Crippen molar-refractivity contribution in [3.05, 3.63) is 29.8 Å². The van der Waals surface area contributed by atoms with Gasteiger partial charge in [-0.25, -0.2) is 0 Å². The van der Waals surface area contributed by atoms with E-state index in [0.29, 0.717) is 6.42 Å². The molecule has 6 nitrogen and oxygen atoms in total. The molecular weight excluding hydrogens is 318 g/mol. The lowest BCUT2D eigenvalue weighted by atomic mass is 10.1. The van der Waals surface area contributed by atoms with Gasteiger partial charge in [0.15, 0.2) is 5.96 Å². The largest absolute Gasteiger partial charge is 0.496 e. The highest BCUT2D eigenvalue weighted by Crippen LogP contribution is 2.17. The summed E-state index contributed by atoms with van der Waals surface area (Å²) >= 11 is 0. The van der Waals surface area contributed by atoms with Crippen LogP contribution in [0.5, 0.6) is 5.75 Å². The van der Waals surface area contributed by atoms with E-state index in [1.807, 2.05) is 25.1 Å². The fraction of sp³-hybridized carbons (Fsp3) is 0.579. The summed E-state index contributed by atoms with van der Waals surface area (Å²) in [5.74, 6) is 1.59. The number of rotatable bonds is 11. The van der Waals surface area contributed by atoms with Crippen molar-refractivity contribution in [2.45, 2.75) is 39.0 Å². The quantitative estimate of drug-likeness (QED) is 0.278. The highest BCUT2D eigenvalue weighted by atomic mass is 16.5. The Morgan fingerprint density at radius 1 is 1.12 bits per heavy atom. The second-order valence-electron chi connectivity index (χ2n) is 5.64. The zero-order valence-electron chi connectivity index (χ0n) is 15.6. The van der Waals surface area contributed by atoms with Gasteiger partial charge in [-0.1, -0.05) is 24.6 Å². The number of nitrogens with zero attached hydrogens (tertiary/aromatic N) is 1. The monoisotopic (exact) mass is 349 g/mol. The zero-order valence-corrected chi connectivity index (χ0v) is 15.6. The van der Waals surface area contributed by atoms with Crippen molar-refractivity contribution in [3.8, 4) is 5.75 Å². The summed E-state index contributed by atoms with van der Waals surface area (Å²) < 4.78 is 10.00. The number of carbonyl (C=O) groups excluding carboxylic acids is 1. The van der Waals surface area contributed by atoms with Crippen LogP contribution in [-0.2, 0) is 16.0 Å². The first-order chi connectivity index (χ1) is 12.2. The van der Waals surface area contributed by atoms with Gasteiger partial charge in [0.1, 0.15) is 5.75 Å². The molecule has 1 rings (SSSR count). The first-order valence-electron chi connectivity index (χ1n) is 8.92. The number of carbonyl (C=O) groups is 1. The number of unbranched alkanes of at least 4 members (excludes halogenated alkanes) is 2. The highest BCUT2D eigenvalue weighted by Gasteiger charge is 2.03. The Morgan fingerprint density at radius 2 is 1.92 bits per heavy atom. The molecule has 0 heterocycles. The number of hydrogen-bond acceptors (Lipinski definition) is 4. The molecule has 6 heteroatoms. The van der Waals surface area contributed by atoms with Gasteiger partial charge in [0.05, 0.1) is 14.2 Å². The Kier molecular flexibility index (Phi) is 10.9. The molecule has 0 aromatic heterocycles. The molecule has 0 atom stereocenters. The third kappa shape index (κ3) is 8.98. The van der Waals surface area contributed by atoms with Crippen LogP contribution >= 0.6 is 0 Å². The number of para-hydroxylation sites is 1. The van der Waals surface area contributed by atoms with Gasteiger partial charge in [0, 0.05) is 26.1 Å². The number of esters is 1. The molecule has 0 amide bonds. The molecule has 0 unspecified atom stereocenters. The first-order valence-corrected chi connectivity index (χ1v) is 8.92. The van der Waals surface area contributed by atoms with Crippen LogP contribution < -0.4 is 15.4 Å². The molecule has 1 aromatic rings. The highest BCUT2D eigenvalue weighted by molar-refractivity contribution is 5.79. The lowest BCUT2D eigenvalue weighted by Crippen LogP contribution is -2.38. The number of hydrogen-bond donors (Lipinski definition) is 2. The Morgan fingerprint density at radius 3 is 2.64 bits per heavy atom. The predicted molar refractivity (Wildman–Crippen MR) is 101 cm³/mol. The van der Waals surface area contributed by atoms with Gasteiger partial charge in [0.25, 0.3) is 0 Å². The maximum absolute atomic E-state index is 11.0. The molecule has 25 heavy (non-hydrogen) atoms. The molecule has 0 aliphatic rings. The summed E-state index contributed by atoms with van der Waals surface area (Å²) in [6, 6.07) is 8.04. The fourth-order valence-corrected chi connectivity index (χ4v) is 2.42. The molecular formula is C19H31N3O3. The minimum absolute atomic E-state index is 0.144. The average molecular weight is 349 g/mol. The Labute approximate surface area is 151 Å². The van der Waals surface area contributed by atoms with E-state index in [9.17, 15) is 4.79 Å². The molecule has 2 N–H and O–H groups in total. The summed E-state index contributed by atoms with van der Waals surface area (Å²) in [6.45, 7) is 4.40. The number of guanidine groups is 1. The van der Waals surface area contributed by atoms with Crippen LogP contribution in [0.25, 0.3) is 0 Å². The van der Waals surface area contributed by atoms with Crippen LogP contribution in [0.3, 0.4) is 0 Å². The second-order valence-corrected chi connectivity index (χ2v) is 5.64. The topological polar surface area (TPSA) is 72.0 Å². The number of aliphatic imine (C=N–C) groups is 1. The number of ether oxygens (including phenoxy) is 2. The molecule has 0 aliphatic carbocycles. The van der Waals surface area contributed by atoms with Gasteiger partial charge < -0.3 is 20.1 Å². The molecule has 0 bridgehead atoms. The Balaban J connectivity index is 2.31. The summed E-state index contributed by atoms with van der Waals surface area (Å²) in [7, 11) is 3.12. The Hall–Kier alpha value is -2.24. The van der Waals surface area contributed by atoms with Crippen molar-refractivity contribution < 1.29 is 14.3 Å². The zero-order chi connectivity index (χ0) is 18.3. The van der Waals surface area contributed by atoms with E-state index in [1.54, 1.807) is 7.11 Å². The van der Waals surface area contributed by atoms with Crippen molar-refractivity contribution in [2.24, 2.45) is 4.99 Å². The van der Waals surface area contributed by atoms with Crippen molar-refractivity contribution >= 4 is 11.9 Å². The molecule has 140 valence electrons. The lowest BCUT2D eigenvalue weighted by molar-refractivity contribution is -0.140. The van der Waals surface area contributed by atoms with Crippen molar-refractivity contribution in [1.29, 1.82) is 0 Å². The van der Waals surface area contributed by atoms with Crippen molar-refractivity contribution in [1.82, 2.24) is 10.6 Å². The minimum Gasteiger partial charge on any atom is -0.496 e. The van der Waals surface area contributed by atoms with Crippen molar-refractivity contribution in [2.75, 3.05) is 33.9 Å². The molecule has 0 spiro atoms. The minimum atomic E-state index is -0.144. The second kappa shape index (κ2) is 13.1. The maximum Gasteiger partial charge on any atom is 0.305 e. The number of benzene rings is 1. The van der Waals surface area contributed by atoms with Crippen molar-refractivity contribution in [3.63, 3.8) is 0 Å². The van der Waals surface area contributed by atoms with Gasteiger partial charge in [-0.3, -0.25) is 9.79 Å². The maximum atomic E-state index is 11.0. The lowest BCUT2D eigenvalue weighted by Gasteiger charge is -2.12. The normalized spacial score (nSPS) is 11.1. The van der Waals surface area contributed by atoms with Gasteiger partial charge in [-0.2, -0.15) is 0 Å². The smallest absolute Gasteiger partial charge is 0.305 e. The average Bonchev–Trinajstić information content (AvgIpc) is 2.64. The van der Waals surface area contributed by atoms with Crippen LogP contribution in [0.1, 0.15) is 38.2 Å². The molecule has 0 aliphatic heterocycles. The summed E-state index contributed by atoms with van der Waals surface area (Å²) in [6.07, 6.45) is 4.13. The number of methoxy groups -OCH3 is 2. The summed E-state index contributed by atoms with van der Waals surface area (Å²) in [5.41, 5.74) is 1.18. The molecule has 0 saturated carbocycles. The number of nitrogens with one attached hydrogen (secondary N) is 2. The van der Waals surface area contributed by atoms with Gasteiger partial charge in [-0.05, 0) is 37.8 Å². The molecule has 0 radical (unpaired) electrons. The standard InChI is InChI=1S/C19H31N3O3/c1-4-20-19(21-14-9-5-6-12-18(23)25-3)22-15-13-16-10-7-8-11-17(16)24-2/h7-8,10-11H,4-6,9,12-15H2,1-3H3,(H2,20,21,22). The van der Waals surface area contributed by atoms with E-state index in [-0.39, 0.29) is 5.97 Å². The molecule has 1 aromatic carbocycles. The third-order valence-electron chi connectivity index (χ3n) is 3.76. The van der Waals surface area contributed by atoms with E-state index in [0.717, 1.165) is 57.0 Å². The summed E-state index contributed by atoms with van der Waals surface area (Å²) in [5, 5.41) is 6.60. The van der Waals surface area contributed by atoms with Crippen LogP contribution in [0.4, 0.5) is 0 Å². The molecule has 0 fully saturated rings. The van der Waals surface area contributed by atoms with E-state index in [1.165, 1.54) is 12.7 Å². The van der Waals surface area contributed by atoms with Gasteiger partial charge in [-0.15, -0.1) is 0 Å². The van der Waals surface area contributed by atoms with Crippen LogP contribution in [0, 0.1) is 0 Å². The van der Waals surface area contributed by atoms with E-state index >= 15 is 0 Å². The van der Waals surface area contributed by atoms with E-state index < -0.39 is 0 Å². The molecule has 0 saturated heterocycles. The van der Waals surface area contributed by atoms with Crippen LogP contribution in [-0.4, -0.2) is 45.8 Å². The van der Waals surface area contributed by atoms with Gasteiger partial charge >= 0.3 is 5.97 Å². The van der Waals surface area contributed by atoms with E-state index in [2.05, 4.69) is 26.4 Å². The fourth-order valence-electron chi connectivity index (χ4n) is 2.42. The first kappa shape index (κ1) is 20.8. The van der Waals surface area contributed by atoms with E-state index in [4.69, 9.17) is 4.74 Å². The predicted octanol–water partition coefficient (Wildman–Crippen LogP) is 2.53. The summed E-state index contributed by atoms with van der Waals surface area (Å²) in [4.78, 5) is 15.6. The Bertz CT molecular complexity index is 532. The third-order valence-corrected chi connectivity index (χ3v) is 3.76. The van der Waals surface area contributed by atoms with Crippen LogP contribution in [0.2, 0.25) is 0 Å².